The lowest BCUT2D eigenvalue weighted by Gasteiger charge is -2.43. The summed E-state index contributed by atoms with van der Waals surface area (Å²) < 4.78 is 12.9. The maximum absolute atomic E-state index is 11.2. The summed E-state index contributed by atoms with van der Waals surface area (Å²) in [6, 6.07) is 28.3. The van der Waals surface area contributed by atoms with Gasteiger partial charge in [-0.3, -0.25) is 0 Å². The second-order valence-corrected chi connectivity index (χ2v) is 14.0. The monoisotopic (exact) mass is 472 g/mol. The minimum absolute atomic E-state index is 0.0315. The summed E-state index contributed by atoms with van der Waals surface area (Å²) in [6.07, 6.45) is 2.65. The molecule has 1 N–H and O–H groups in total. The molecule has 4 nitrogen and oxygen atoms in total. The van der Waals surface area contributed by atoms with Crippen molar-refractivity contribution in [2.45, 2.75) is 45.1 Å². The highest BCUT2D eigenvalue weighted by molar-refractivity contribution is 6.99. The predicted molar refractivity (Wildman–Crippen MR) is 140 cm³/mol. The van der Waals surface area contributed by atoms with Gasteiger partial charge in [-0.2, -0.15) is 0 Å². The van der Waals surface area contributed by atoms with Crippen LogP contribution in [0.2, 0.25) is 5.04 Å². The minimum Gasteiger partial charge on any atom is -0.478 e. The van der Waals surface area contributed by atoms with Crippen molar-refractivity contribution in [3.63, 3.8) is 0 Å². The van der Waals surface area contributed by atoms with Crippen LogP contribution in [0.4, 0.5) is 0 Å². The molecule has 0 spiro atoms. The van der Waals surface area contributed by atoms with E-state index in [-0.39, 0.29) is 10.6 Å². The van der Waals surface area contributed by atoms with Crippen LogP contribution in [0.15, 0.2) is 89.3 Å². The fourth-order valence-corrected chi connectivity index (χ4v) is 9.35. The molecule has 0 atom stereocenters. The Morgan fingerprint density at radius 2 is 1.50 bits per heavy atom. The van der Waals surface area contributed by atoms with Gasteiger partial charge < -0.3 is 13.9 Å². The van der Waals surface area contributed by atoms with E-state index in [1.54, 1.807) is 18.2 Å². The van der Waals surface area contributed by atoms with Gasteiger partial charge in [-0.05, 0) is 52.5 Å². The molecule has 1 aromatic heterocycles. The number of carboxylic acid groups (broad SMARTS) is 1. The molecule has 0 amide bonds. The van der Waals surface area contributed by atoms with E-state index in [0.717, 1.165) is 36.0 Å². The van der Waals surface area contributed by atoms with Crippen molar-refractivity contribution in [3.8, 4) is 0 Å². The zero-order valence-corrected chi connectivity index (χ0v) is 21.1. The van der Waals surface area contributed by atoms with Crippen molar-refractivity contribution in [1.29, 1.82) is 0 Å². The lowest BCUT2D eigenvalue weighted by Crippen LogP contribution is -2.66. The van der Waals surface area contributed by atoms with Crippen molar-refractivity contribution in [2.24, 2.45) is 0 Å². The van der Waals surface area contributed by atoms with Crippen LogP contribution in [-0.4, -0.2) is 26.0 Å². The predicted octanol–water partition coefficient (Wildman–Crippen LogP) is 6.03. The van der Waals surface area contributed by atoms with Crippen LogP contribution >= 0.6 is 0 Å². The molecule has 5 heteroatoms. The third-order valence-electron chi connectivity index (χ3n) is 6.37. The van der Waals surface area contributed by atoms with Gasteiger partial charge in [0, 0.05) is 18.4 Å². The van der Waals surface area contributed by atoms with Crippen molar-refractivity contribution < 1.29 is 18.7 Å². The number of aromatic carboxylic acids is 1. The van der Waals surface area contributed by atoms with E-state index >= 15 is 0 Å². The molecule has 0 aliphatic carbocycles. The van der Waals surface area contributed by atoms with Crippen LogP contribution in [0, 0.1) is 0 Å². The van der Waals surface area contributed by atoms with Crippen LogP contribution in [-0.2, 0) is 10.8 Å². The lowest BCUT2D eigenvalue weighted by atomic mass is 10.1. The van der Waals surface area contributed by atoms with Crippen LogP contribution < -0.4 is 10.4 Å². The Bertz CT molecular complexity index is 1200. The third-order valence-corrected chi connectivity index (χ3v) is 11.4. The Morgan fingerprint density at radius 1 is 0.882 bits per heavy atom. The number of unbranched alkanes of at least 4 members (excludes halogenated alkanes) is 1. The topological polar surface area (TPSA) is 59.7 Å². The largest absolute Gasteiger partial charge is 0.478 e. The SMILES string of the molecule is CC(C)(C)[Si](OCCCCc1cc2cc(C(=O)O)ccc2o1)(c1ccccc1)c1ccccc1. The minimum atomic E-state index is -2.50. The standard InChI is InChI=1S/C29H32O4Si/c1-29(2,3)34(25-13-6-4-7-14-25,26-15-8-5-9-16-26)32-19-11-10-12-24-21-23-20-22(28(30)31)17-18-27(23)33-24/h4-9,13-18,20-21H,10-12,19H2,1-3H3,(H,30,31). The smallest absolute Gasteiger partial charge is 0.335 e. The third kappa shape index (κ3) is 4.86. The van der Waals surface area contributed by atoms with Crippen LogP contribution in [0.1, 0.15) is 49.7 Å². The van der Waals surface area contributed by atoms with Crippen molar-refractivity contribution in [3.05, 3.63) is 96.3 Å². The van der Waals surface area contributed by atoms with Gasteiger partial charge in [0.15, 0.2) is 0 Å². The summed E-state index contributed by atoms with van der Waals surface area (Å²) in [5.74, 6) is -0.0480. The van der Waals surface area contributed by atoms with Gasteiger partial charge in [-0.1, -0.05) is 81.4 Å². The molecule has 0 aliphatic rings. The fraction of sp³-hybridized carbons (Fsp3) is 0.276. The Kier molecular flexibility index (Phi) is 7.05. The molecule has 34 heavy (non-hydrogen) atoms. The Morgan fingerprint density at radius 3 is 2.06 bits per heavy atom. The van der Waals surface area contributed by atoms with E-state index in [9.17, 15) is 9.90 Å². The van der Waals surface area contributed by atoms with Gasteiger partial charge in [0.2, 0.25) is 0 Å². The first-order valence-electron chi connectivity index (χ1n) is 11.8. The second kappa shape index (κ2) is 10.00. The first-order chi connectivity index (χ1) is 16.3. The Labute approximate surface area is 202 Å². The number of fused-ring (bicyclic) bond motifs is 1. The maximum atomic E-state index is 11.2. The molecule has 4 aromatic rings. The maximum Gasteiger partial charge on any atom is 0.335 e. The first-order valence-corrected chi connectivity index (χ1v) is 13.7. The molecule has 0 fully saturated rings. The summed E-state index contributed by atoms with van der Waals surface area (Å²) in [5, 5.41) is 12.6. The fourth-order valence-electron chi connectivity index (χ4n) is 4.74. The molecule has 0 saturated heterocycles. The lowest BCUT2D eigenvalue weighted by molar-refractivity contribution is 0.0697. The summed E-state index contributed by atoms with van der Waals surface area (Å²) >= 11 is 0. The summed E-state index contributed by atoms with van der Waals surface area (Å²) in [4.78, 5) is 11.2. The second-order valence-electron chi connectivity index (χ2n) is 9.74. The highest BCUT2D eigenvalue weighted by atomic mass is 28.4. The van der Waals surface area contributed by atoms with Gasteiger partial charge in [0.25, 0.3) is 8.32 Å². The van der Waals surface area contributed by atoms with Crippen LogP contribution in [0.25, 0.3) is 11.0 Å². The van der Waals surface area contributed by atoms with Gasteiger partial charge in [0.1, 0.15) is 11.3 Å². The molecule has 0 bridgehead atoms. The van der Waals surface area contributed by atoms with Crippen molar-refractivity contribution in [2.75, 3.05) is 6.61 Å². The Balaban J connectivity index is 1.47. The molecule has 1 heterocycles. The van der Waals surface area contributed by atoms with Crippen LogP contribution in [0.5, 0.6) is 0 Å². The number of hydrogen-bond donors (Lipinski definition) is 1. The molecule has 0 radical (unpaired) electrons. The van der Waals surface area contributed by atoms with Crippen molar-refractivity contribution in [1.82, 2.24) is 0 Å². The molecular weight excluding hydrogens is 440 g/mol. The van der Waals surface area contributed by atoms with E-state index in [0.29, 0.717) is 6.61 Å². The normalized spacial score (nSPS) is 12.2. The molecule has 0 unspecified atom stereocenters. The van der Waals surface area contributed by atoms with Gasteiger partial charge in [-0.15, -0.1) is 0 Å². The number of benzene rings is 3. The van der Waals surface area contributed by atoms with E-state index in [1.807, 2.05) is 6.07 Å². The number of aryl methyl sites for hydroxylation is 1. The number of carboxylic acids is 1. The average Bonchev–Trinajstić information content (AvgIpc) is 3.24. The van der Waals surface area contributed by atoms with E-state index in [4.69, 9.17) is 8.84 Å². The number of hydrogen-bond acceptors (Lipinski definition) is 3. The summed E-state index contributed by atoms with van der Waals surface area (Å²) in [6.45, 7) is 7.55. The highest BCUT2D eigenvalue weighted by Gasteiger charge is 2.49. The summed E-state index contributed by atoms with van der Waals surface area (Å²) in [7, 11) is -2.50. The highest BCUT2D eigenvalue weighted by Crippen LogP contribution is 2.36. The Hall–Kier alpha value is -3.15. The number of rotatable bonds is 9. The molecular formula is C29H32O4Si. The zero-order chi connectivity index (χ0) is 24.2. The molecule has 3 aromatic carbocycles. The summed E-state index contributed by atoms with van der Waals surface area (Å²) in [5.41, 5.74) is 1.00. The van der Waals surface area contributed by atoms with Crippen LogP contribution in [0.3, 0.4) is 0 Å². The average molecular weight is 473 g/mol. The van der Waals surface area contributed by atoms with E-state index in [2.05, 4.69) is 81.4 Å². The zero-order valence-electron chi connectivity index (χ0n) is 20.1. The first kappa shape index (κ1) is 24.0. The molecule has 0 aliphatic heterocycles. The molecule has 4 rings (SSSR count). The van der Waals surface area contributed by atoms with Gasteiger partial charge >= 0.3 is 5.97 Å². The quantitative estimate of drug-likeness (QED) is 0.239. The number of carbonyl (C=O) groups is 1. The van der Waals surface area contributed by atoms with Gasteiger partial charge in [0.05, 0.1) is 5.56 Å². The van der Waals surface area contributed by atoms with E-state index < -0.39 is 14.3 Å². The van der Waals surface area contributed by atoms with E-state index in [1.165, 1.54) is 10.4 Å². The molecule has 0 saturated carbocycles. The van der Waals surface area contributed by atoms with Gasteiger partial charge in [-0.25, -0.2) is 4.79 Å². The van der Waals surface area contributed by atoms with Crippen molar-refractivity contribution >= 4 is 35.6 Å². The number of furan rings is 1. The molecule has 176 valence electrons.